The number of aromatic nitrogens is 1. The number of pyridine rings is 1. The first-order valence-electron chi connectivity index (χ1n) is 12.3. The van der Waals surface area contributed by atoms with E-state index in [0.29, 0.717) is 24.9 Å². The van der Waals surface area contributed by atoms with E-state index in [0.717, 1.165) is 19.3 Å². The van der Waals surface area contributed by atoms with Gasteiger partial charge in [-0.3, -0.25) is 0 Å². The topological polar surface area (TPSA) is 59.5 Å². The van der Waals surface area contributed by atoms with Crippen molar-refractivity contribution in [2.45, 2.75) is 30.1 Å². The highest BCUT2D eigenvalue weighted by Gasteiger charge is 2.30. The van der Waals surface area contributed by atoms with Crippen LogP contribution >= 0.6 is 0 Å². The standard InChI is InChI=1S/C30H28N2O3S/c1-35-30-13-11-27(20-31-30)36(33,34)32-16-14-23(15-17-32)21-6-8-22(9-7-21)24-10-12-29-26(18-24)19-25-4-2-3-5-28(25)29/h2-13,18,20,23H,14-17,19H2,1H3. The van der Waals surface area contributed by atoms with Crippen molar-refractivity contribution in [3.63, 3.8) is 0 Å². The summed E-state index contributed by atoms with van der Waals surface area (Å²) in [6.07, 6.45) is 3.97. The van der Waals surface area contributed by atoms with Crippen molar-refractivity contribution in [2.24, 2.45) is 0 Å². The normalized spacial score (nSPS) is 15.9. The molecule has 3 aromatic carbocycles. The minimum Gasteiger partial charge on any atom is -0.481 e. The molecule has 2 aliphatic rings. The summed E-state index contributed by atoms with van der Waals surface area (Å²) in [5.41, 5.74) is 9.21. The predicted octanol–water partition coefficient (Wildman–Crippen LogP) is 5.90. The maximum Gasteiger partial charge on any atom is 0.244 e. The number of nitrogens with zero attached hydrogens (tertiary/aromatic N) is 2. The molecule has 1 aliphatic carbocycles. The highest BCUT2D eigenvalue weighted by atomic mass is 32.2. The summed E-state index contributed by atoms with van der Waals surface area (Å²) in [7, 11) is -2.03. The maximum atomic E-state index is 13.0. The second-order valence-electron chi connectivity index (χ2n) is 9.54. The van der Waals surface area contributed by atoms with Crippen molar-refractivity contribution in [1.82, 2.24) is 9.29 Å². The zero-order chi connectivity index (χ0) is 24.7. The van der Waals surface area contributed by atoms with Crippen molar-refractivity contribution in [3.8, 4) is 28.1 Å². The number of methoxy groups -OCH3 is 1. The summed E-state index contributed by atoms with van der Waals surface area (Å²) in [6.45, 7) is 1.01. The van der Waals surface area contributed by atoms with E-state index in [1.807, 2.05) is 0 Å². The van der Waals surface area contributed by atoms with Gasteiger partial charge in [0.25, 0.3) is 0 Å². The Kier molecular flexibility index (Phi) is 5.86. The van der Waals surface area contributed by atoms with Crippen molar-refractivity contribution in [2.75, 3.05) is 20.2 Å². The summed E-state index contributed by atoms with van der Waals surface area (Å²) in [6, 6.07) is 27.4. The molecule has 0 saturated carbocycles. The molecule has 1 fully saturated rings. The largest absolute Gasteiger partial charge is 0.481 e. The number of sulfonamides is 1. The van der Waals surface area contributed by atoms with E-state index >= 15 is 0 Å². The van der Waals surface area contributed by atoms with Crippen LogP contribution in [0.2, 0.25) is 0 Å². The van der Waals surface area contributed by atoms with Gasteiger partial charge in [-0.05, 0) is 70.2 Å². The highest BCUT2D eigenvalue weighted by Crippen LogP contribution is 2.39. The molecule has 6 heteroatoms. The van der Waals surface area contributed by atoms with Crippen LogP contribution in [0.25, 0.3) is 22.3 Å². The third kappa shape index (κ3) is 4.10. The van der Waals surface area contributed by atoms with Crippen LogP contribution < -0.4 is 4.74 Å². The number of ether oxygens (including phenoxy) is 1. The first kappa shape index (κ1) is 23.0. The third-order valence-corrected chi connectivity index (χ3v) is 9.40. The molecule has 4 aromatic rings. The van der Waals surface area contributed by atoms with Crippen LogP contribution in [-0.2, 0) is 16.4 Å². The number of piperidine rings is 1. The molecule has 1 aromatic heterocycles. The molecule has 1 saturated heterocycles. The fourth-order valence-corrected chi connectivity index (χ4v) is 6.91. The highest BCUT2D eigenvalue weighted by molar-refractivity contribution is 7.89. The SMILES string of the molecule is COc1ccc(S(=O)(=O)N2CCC(c3ccc(-c4ccc5c(c4)Cc4ccccc4-5)cc3)CC2)cn1. The monoisotopic (exact) mass is 496 g/mol. The Morgan fingerprint density at radius 3 is 2.28 bits per heavy atom. The predicted molar refractivity (Wildman–Crippen MR) is 142 cm³/mol. The van der Waals surface area contributed by atoms with Crippen LogP contribution in [0, 0.1) is 0 Å². The molecule has 6 rings (SSSR count). The molecule has 0 unspecified atom stereocenters. The Bertz CT molecular complexity index is 1510. The molecule has 36 heavy (non-hydrogen) atoms. The van der Waals surface area contributed by atoms with Gasteiger partial charge >= 0.3 is 0 Å². The number of hydrogen-bond acceptors (Lipinski definition) is 4. The van der Waals surface area contributed by atoms with E-state index in [-0.39, 0.29) is 4.90 Å². The van der Waals surface area contributed by atoms with Gasteiger partial charge in [-0.2, -0.15) is 4.31 Å². The van der Waals surface area contributed by atoms with Crippen LogP contribution in [0.5, 0.6) is 5.88 Å². The minimum atomic E-state index is -3.55. The van der Waals surface area contributed by atoms with Crippen molar-refractivity contribution < 1.29 is 13.2 Å². The Morgan fingerprint density at radius 1 is 0.833 bits per heavy atom. The van der Waals surface area contributed by atoms with Crippen LogP contribution in [0.1, 0.15) is 35.4 Å². The molecule has 182 valence electrons. The lowest BCUT2D eigenvalue weighted by atomic mass is 9.89. The Morgan fingerprint density at radius 2 is 1.56 bits per heavy atom. The van der Waals surface area contributed by atoms with Crippen LogP contribution in [-0.4, -0.2) is 37.9 Å². The lowest BCUT2D eigenvalue weighted by Gasteiger charge is -2.31. The van der Waals surface area contributed by atoms with E-state index in [1.54, 1.807) is 16.4 Å². The van der Waals surface area contributed by atoms with Crippen LogP contribution in [0.3, 0.4) is 0 Å². The molecule has 0 radical (unpaired) electrons. The van der Waals surface area contributed by atoms with Gasteiger partial charge in [0, 0.05) is 19.2 Å². The van der Waals surface area contributed by atoms with Gasteiger partial charge in [-0.15, -0.1) is 0 Å². The average Bonchev–Trinajstić information content (AvgIpc) is 3.31. The van der Waals surface area contributed by atoms with Gasteiger partial charge in [0.1, 0.15) is 4.90 Å². The van der Waals surface area contributed by atoms with Crippen molar-refractivity contribution in [3.05, 3.63) is 102 Å². The summed E-state index contributed by atoms with van der Waals surface area (Å²) in [5, 5.41) is 0. The van der Waals surface area contributed by atoms with Crippen molar-refractivity contribution >= 4 is 10.0 Å². The fraction of sp³-hybridized carbons (Fsp3) is 0.233. The average molecular weight is 497 g/mol. The second-order valence-corrected chi connectivity index (χ2v) is 11.5. The molecule has 0 atom stereocenters. The van der Waals surface area contributed by atoms with Crippen molar-refractivity contribution in [1.29, 1.82) is 0 Å². The number of hydrogen-bond donors (Lipinski definition) is 0. The van der Waals surface area contributed by atoms with Gasteiger partial charge in [0.05, 0.1) is 13.3 Å². The summed E-state index contributed by atoms with van der Waals surface area (Å²) < 4.78 is 32.7. The Labute approximate surface area is 212 Å². The lowest BCUT2D eigenvalue weighted by Crippen LogP contribution is -2.37. The molecule has 0 amide bonds. The first-order chi connectivity index (χ1) is 17.5. The zero-order valence-electron chi connectivity index (χ0n) is 20.2. The molecule has 2 heterocycles. The number of rotatable bonds is 5. The number of fused-ring (bicyclic) bond motifs is 3. The van der Waals surface area contributed by atoms with E-state index in [1.165, 1.54) is 52.3 Å². The van der Waals surface area contributed by atoms with E-state index in [9.17, 15) is 8.42 Å². The third-order valence-electron chi connectivity index (χ3n) is 7.52. The van der Waals surface area contributed by atoms with E-state index < -0.39 is 10.0 Å². The summed E-state index contributed by atoms with van der Waals surface area (Å²) in [5.74, 6) is 0.759. The van der Waals surface area contributed by atoms with Crippen LogP contribution in [0.4, 0.5) is 0 Å². The smallest absolute Gasteiger partial charge is 0.244 e. The zero-order valence-corrected chi connectivity index (χ0v) is 21.0. The maximum absolute atomic E-state index is 13.0. The summed E-state index contributed by atoms with van der Waals surface area (Å²) in [4.78, 5) is 4.27. The second kappa shape index (κ2) is 9.19. The van der Waals surface area contributed by atoms with Crippen LogP contribution in [0.15, 0.2) is 90.0 Å². The summed E-state index contributed by atoms with van der Waals surface area (Å²) >= 11 is 0. The molecule has 1 aliphatic heterocycles. The van der Waals surface area contributed by atoms with Gasteiger partial charge in [-0.25, -0.2) is 13.4 Å². The van der Waals surface area contributed by atoms with Gasteiger partial charge in [0.2, 0.25) is 15.9 Å². The molecular weight excluding hydrogens is 468 g/mol. The first-order valence-corrected chi connectivity index (χ1v) is 13.8. The molecule has 0 bridgehead atoms. The van der Waals surface area contributed by atoms with Gasteiger partial charge in [0.15, 0.2) is 0 Å². The molecule has 0 spiro atoms. The molecule has 5 nitrogen and oxygen atoms in total. The van der Waals surface area contributed by atoms with E-state index in [4.69, 9.17) is 4.74 Å². The molecular formula is C30H28N2O3S. The lowest BCUT2D eigenvalue weighted by molar-refractivity contribution is 0.319. The molecule has 0 N–H and O–H groups in total. The fourth-order valence-electron chi connectivity index (χ4n) is 5.49. The van der Waals surface area contributed by atoms with Gasteiger partial charge in [-0.1, -0.05) is 66.7 Å². The van der Waals surface area contributed by atoms with Gasteiger partial charge < -0.3 is 4.74 Å². The minimum absolute atomic E-state index is 0.212. The Hall–Kier alpha value is -3.48. The number of benzene rings is 3. The quantitative estimate of drug-likeness (QED) is 0.304. The van der Waals surface area contributed by atoms with E-state index in [2.05, 4.69) is 71.7 Å². The Balaban J connectivity index is 1.13.